The summed E-state index contributed by atoms with van der Waals surface area (Å²) in [7, 11) is 0. The third-order valence-electron chi connectivity index (χ3n) is 3.36. The third kappa shape index (κ3) is 4.20. The Balaban J connectivity index is 2.75. The van der Waals surface area contributed by atoms with Crippen molar-refractivity contribution in [2.45, 2.75) is 59.2 Å². The number of piperazine rings is 1. The normalized spacial score (nSPS) is 25.7. The van der Waals surface area contributed by atoms with Gasteiger partial charge in [0.1, 0.15) is 12.1 Å². The molecule has 0 aliphatic carbocycles. The fourth-order valence-electron chi connectivity index (χ4n) is 2.38. The van der Waals surface area contributed by atoms with Crippen molar-refractivity contribution in [1.29, 1.82) is 0 Å². The first-order valence-corrected chi connectivity index (χ1v) is 7.09. The van der Waals surface area contributed by atoms with E-state index in [2.05, 4.69) is 5.32 Å². The highest BCUT2D eigenvalue weighted by molar-refractivity contribution is 5.96. The van der Waals surface area contributed by atoms with E-state index in [1.807, 2.05) is 27.7 Å². The van der Waals surface area contributed by atoms with Gasteiger partial charge in [-0.3, -0.25) is 9.59 Å². The van der Waals surface area contributed by atoms with Gasteiger partial charge in [-0.05, 0) is 33.1 Å². The zero-order valence-electron chi connectivity index (χ0n) is 12.6. The molecule has 0 aromatic rings. The predicted molar refractivity (Wildman–Crippen MR) is 73.6 cm³/mol. The Kier molecular flexibility index (Phi) is 5.79. The van der Waals surface area contributed by atoms with Gasteiger partial charge in [-0.2, -0.15) is 0 Å². The summed E-state index contributed by atoms with van der Waals surface area (Å²) < 4.78 is 5.47. The first-order valence-electron chi connectivity index (χ1n) is 7.09. The van der Waals surface area contributed by atoms with E-state index in [0.29, 0.717) is 25.5 Å². The lowest BCUT2D eigenvalue weighted by atomic mass is 9.98. The fourth-order valence-corrected chi connectivity index (χ4v) is 2.38. The standard InChI is InChI=1S/C14H26N2O3/c1-6-19-10(4)8-16-11(5)13(17)15-12(14(16)18)7-9(2)3/h9-12H,6-8H2,1-5H3,(H,15,17). The number of ether oxygens (including phenoxy) is 1. The van der Waals surface area contributed by atoms with Crippen LogP contribution in [-0.4, -0.2) is 48.1 Å². The first kappa shape index (κ1) is 16.0. The fraction of sp³-hybridized carbons (Fsp3) is 0.857. The lowest BCUT2D eigenvalue weighted by molar-refractivity contribution is -0.151. The molecule has 1 fully saturated rings. The third-order valence-corrected chi connectivity index (χ3v) is 3.36. The molecule has 1 rings (SSSR count). The van der Waals surface area contributed by atoms with Gasteiger partial charge in [-0.1, -0.05) is 13.8 Å². The molecule has 0 aromatic heterocycles. The lowest BCUT2D eigenvalue weighted by Crippen LogP contribution is -2.63. The van der Waals surface area contributed by atoms with Gasteiger partial charge in [0.05, 0.1) is 6.10 Å². The van der Waals surface area contributed by atoms with Gasteiger partial charge in [0.15, 0.2) is 0 Å². The topological polar surface area (TPSA) is 58.6 Å². The van der Waals surface area contributed by atoms with Crippen LogP contribution in [0.3, 0.4) is 0 Å². The van der Waals surface area contributed by atoms with Gasteiger partial charge >= 0.3 is 0 Å². The minimum atomic E-state index is -0.418. The van der Waals surface area contributed by atoms with E-state index < -0.39 is 12.1 Å². The maximum Gasteiger partial charge on any atom is 0.245 e. The zero-order chi connectivity index (χ0) is 14.6. The minimum absolute atomic E-state index is 0.00681. The predicted octanol–water partition coefficient (Wildman–Crippen LogP) is 1.17. The molecule has 5 nitrogen and oxygen atoms in total. The second kappa shape index (κ2) is 6.89. The summed E-state index contributed by atoms with van der Waals surface area (Å²) in [6.45, 7) is 10.8. The van der Waals surface area contributed by atoms with E-state index in [0.717, 1.165) is 0 Å². The van der Waals surface area contributed by atoms with Crippen LogP contribution in [0.25, 0.3) is 0 Å². The first-order chi connectivity index (χ1) is 8.86. The molecule has 110 valence electrons. The van der Waals surface area contributed by atoms with Crippen LogP contribution < -0.4 is 5.32 Å². The highest BCUT2D eigenvalue weighted by Crippen LogP contribution is 2.16. The summed E-state index contributed by atoms with van der Waals surface area (Å²) >= 11 is 0. The Labute approximate surface area is 115 Å². The molecule has 0 aromatic carbocycles. The Morgan fingerprint density at radius 1 is 1.32 bits per heavy atom. The van der Waals surface area contributed by atoms with Crippen LogP contribution in [0.5, 0.6) is 0 Å². The Morgan fingerprint density at radius 2 is 1.95 bits per heavy atom. The van der Waals surface area contributed by atoms with Crippen molar-refractivity contribution in [3.05, 3.63) is 0 Å². The highest BCUT2D eigenvalue weighted by atomic mass is 16.5. The molecule has 3 atom stereocenters. The monoisotopic (exact) mass is 270 g/mol. The molecule has 0 radical (unpaired) electrons. The second-order valence-electron chi connectivity index (χ2n) is 5.62. The van der Waals surface area contributed by atoms with Crippen molar-refractivity contribution in [3.63, 3.8) is 0 Å². The van der Waals surface area contributed by atoms with Gasteiger partial charge < -0.3 is 15.0 Å². The maximum absolute atomic E-state index is 12.4. The molecule has 1 aliphatic rings. The van der Waals surface area contributed by atoms with E-state index in [4.69, 9.17) is 4.74 Å². The molecular weight excluding hydrogens is 244 g/mol. The molecule has 5 heteroatoms. The van der Waals surface area contributed by atoms with Crippen LogP contribution in [0.1, 0.15) is 41.0 Å². The summed E-state index contributed by atoms with van der Waals surface area (Å²) in [5.74, 6) is 0.301. The van der Waals surface area contributed by atoms with Crippen LogP contribution in [0.4, 0.5) is 0 Å². The quantitative estimate of drug-likeness (QED) is 0.788. The summed E-state index contributed by atoms with van der Waals surface area (Å²) in [6, 6.07) is -0.809. The maximum atomic E-state index is 12.4. The van der Waals surface area contributed by atoms with Crippen molar-refractivity contribution in [2.75, 3.05) is 13.2 Å². The van der Waals surface area contributed by atoms with Gasteiger partial charge in [-0.15, -0.1) is 0 Å². The molecule has 3 unspecified atom stereocenters. The largest absolute Gasteiger partial charge is 0.377 e. The Morgan fingerprint density at radius 3 is 2.47 bits per heavy atom. The minimum Gasteiger partial charge on any atom is -0.377 e. The summed E-state index contributed by atoms with van der Waals surface area (Å²) in [4.78, 5) is 26.0. The van der Waals surface area contributed by atoms with Gasteiger partial charge in [0, 0.05) is 13.2 Å². The molecule has 0 spiro atoms. The Hall–Kier alpha value is -1.10. The Bertz CT molecular complexity index is 331. The number of carbonyl (C=O) groups is 2. The summed E-state index contributed by atoms with van der Waals surface area (Å²) in [5.41, 5.74) is 0. The number of rotatable bonds is 6. The average Bonchev–Trinajstić information content (AvgIpc) is 2.31. The van der Waals surface area contributed by atoms with Crippen LogP contribution in [0.15, 0.2) is 0 Å². The molecule has 1 aliphatic heterocycles. The van der Waals surface area contributed by atoms with E-state index in [1.165, 1.54) is 0 Å². The number of hydrogen-bond donors (Lipinski definition) is 1. The number of nitrogens with one attached hydrogen (secondary N) is 1. The van der Waals surface area contributed by atoms with Crippen LogP contribution in [0.2, 0.25) is 0 Å². The molecule has 0 saturated carbocycles. The van der Waals surface area contributed by atoms with Crippen molar-refractivity contribution in [1.82, 2.24) is 10.2 Å². The van der Waals surface area contributed by atoms with Gasteiger partial charge in [-0.25, -0.2) is 0 Å². The molecule has 0 bridgehead atoms. The SMILES string of the molecule is CCOC(C)CN1C(=O)C(CC(C)C)NC(=O)C1C. The number of carbonyl (C=O) groups excluding carboxylic acids is 2. The van der Waals surface area contributed by atoms with E-state index >= 15 is 0 Å². The van der Waals surface area contributed by atoms with E-state index in [-0.39, 0.29) is 17.9 Å². The van der Waals surface area contributed by atoms with E-state index in [9.17, 15) is 9.59 Å². The zero-order valence-corrected chi connectivity index (χ0v) is 12.6. The summed E-state index contributed by atoms with van der Waals surface area (Å²) in [6.07, 6.45) is 0.624. The van der Waals surface area contributed by atoms with Crippen molar-refractivity contribution < 1.29 is 14.3 Å². The van der Waals surface area contributed by atoms with Gasteiger partial charge in [0.2, 0.25) is 11.8 Å². The van der Waals surface area contributed by atoms with Crippen molar-refractivity contribution in [2.24, 2.45) is 5.92 Å². The van der Waals surface area contributed by atoms with Crippen LogP contribution in [-0.2, 0) is 14.3 Å². The van der Waals surface area contributed by atoms with Crippen molar-refractivity contribution >= 4 is 11.8 Å². The molecule has 2 amide bonds. The molecule has 19 heavy (non-hydrogen) atoms. The smallest absolute Gasteiger partial charge is 0.245 e. The lowest BCUT2D eigenvalue weighted by Gasteiger charge is -2.39. The highest BCUT2D eigenvalue weighted by Gasteiger charge is 2.38. The molecule has 1 N–H and O–H groups in total. The van der Waals surface area contributed by atoms with Gasteiger partial charge in [0.25, 0.3) is 0 Å². The number of hydrogen-bond acceptors (Lipinski definition) is 3. The van der Waals surface area contributed by atoms with Crippen molar-refractivity contribution in [3.8, 4) is 0 Å². The molecule has 1 saturated heterocycles. The molecule has 1 heterocycles. The second-order valence-corrected chi connectivity index (χ2v) is 5.62. The number of amides is 2. The summed E-state index contributed by atoms with van der Waals surface area (Å²) in [5, 5.41) is 2.81. The van der Waals surface area contributed by atoms with E-state index in [1.54, 1.807) is 11.8 Å². The molecular formula is C14H26N2O3. The average molecular weight is 270 g/mol. The van der Waals surface area contributed by atoms with Crippen LogP contribution in [0, 0.1) is 5.92 Å². The number of nitrogens with zero attached hydrogens (tertiary/aromatic N) is 1. The van der Waals surface area contributed by atoms with Crippen LogP contribution >= 0.6 is 0 Å².